The first kappa shape index (κ1) is 20.0. The Morgan fingerprint density at radius 2 is 1.76 bits per heavy atom. The Bertz CT molecular complexity index is 436. The van der Waals surface area contributed by atoms with Crippen LogP contribution in [0.4, 0.5) is 4.79 Å². The van der Waals surface area contributed by atoms with E-state index < -0.39 is 5.97 Å². The van der Waals surface area contributed by atoms with Gasteiger partial charge in [0, 0.05) is 32.6 Å². The second kappa shape index (κ2) is 9.97. The number of amides is 2. The highest BCUT2D eigenvalue weighted by Crippen LogP contribution is 2.30. The summed E-state index contributed by atoms with van der Waals surface area (Å²) >= 11 is 0. The summed E-state index contributed by atoms with van der Waals surface area (Å²) in [6.45, 7) is 11.1. The molecule has 2 heterocycles. The van der Waals surface area contributed by atoms with E-state index in [1.807, 2.05) is 9.80 Å². The molecule has 7 heteroatoms. The Kier molecular flexibility index (Phi) is 7.96. The van der Waals surface area contributed by atoms with Crippen molar-refractivity contribution in [3.05, 3.63) is 0 Å². The minimum Gasteiger partial charge on any atom is -0.481 e. The molecule has 2 aliphatic rings. The Labute approximate surface area is 150 Å². The summed E-state index contributed by atoms with van der Waals surface area (Å²) in [5, 5.41) is 9.22. The van der Waals surface area contributed by atoms with Crippen molar-refractivity contribution in [3.63, 3.8) is 0 Å². The molecular formula is C18H33N3O4. The van der Waals surface area contributed by atoms with Gasteiger partial charge in [0.25, 0.3) is 0 Å². The van der Waals surface area contributed by atoms with Gasteiger partial charge in [0.05, 0.1) is 13.2 Å². The fourth-order valence-corrected chi connectivity index (χ4v) is 3.92. The SMILES string of the molecule is CCN(CC)CCC1CN(C(=O)N2CCOCC2)CCC1CC(=O)O. The fraction of sp³-hybridized carbons (Fsp3) is 0.889. The van der Waals surface area contributed by atoms with Crippen molar-refractivity contribution in [2.75, 3.05) is 59.0 Å². The quantitative estimate of drug-likeness (QED) is 0.751. The van der Waals surface area contributed by atoms with Crippen LogP contribution in [0.25, 0.3) is 0 Å². The molecule has 1 N–H and O–H groups in total. The number of aliphatic carboxylic acids is 1. The van der Waals surface area contributed by atoms with Gasteiger partial charge in [-0.25, -0.2) is 4.79 Å². The van der Waals surface area contributed by atoms with Gasteiger partial charge in [-0.05, 0) is 44.3 Å². The molecule has 7 nitrogen and oxygen atoms in total. The summed E-state index contributed by atoms with van der Waals surface area (Å²) in [6, 6.07) is 0.0879. The predicted octanol–water partition coefficient (Wildman–Crippen LogP) is 1.58. The number of morpholine rings is 1. The molecule has 2 rings (SSSR count). The number of likely N-dealkylation sites (tertiary alicyclic amines) is 1. The lowest BCUT2D eigenvalue weighted by molar-refractivity contribution is -0.139. The number of urea groups is 1. The first-order chi connectivity index (χ1) is 12.0. The second-order valence-corrected chi connectivity index (χ2v) is 7.05. The Hall–Kier alpha value is -1.34. The van der Waals surface area contributed by atoms with Crippen LogP contribution in [0.1, 0.15) is 33.1 Å². The van der Waals surface area contributed by atoms with Gasteiger partial charge in [-0.2, -0.15) is 0 Å². The number of rotatable bonds is 7. The third kappa shape index (κ3) is 5.85. The molecule has 2 aliphatic heterocycles. The number of ether oxygens (including phenoxy) is 1. The van der Waals surface area contributed by atoms with Crippen molar-refractivity contribution in [2.24, 2.45) is 11.8 Å². The summed E-state index contributed by atoms with van der Waals surface area (Å²) in [4.78, 5) is 30.1. The molecule has 2 atom stereocenters. The van der Waals surface area contributed by atoms with Gasteiger partial charge < -0.3 is 24.5 Å². The Morgan fingerprint density at radius 3 is 2.36 bits per heavy atom. The van der Waals surface area contributed by atoms with Crippen LogP contribution >= 0.6 is 0 Å². The summed E-state index contributed by atoms with van der Waals surface area (Å²) in [5.74, 6) is -0.303. The Balaban J connectivity index is 1.96. The molecule has 0 radical (unpaired) electrons. The average Bonchev–Trinajstić information content (AvgIpc) is 2.63. The van der Waals surface area contributed by atoms with Crippen LogP contribution in [0, 0.1) is 11.8 Å². The van der Waals surface area contributed by atoms with Crippen LogP contribution < -0.4 is 0 Å². The van der Waals surface area contributed by atoms with Gasteiger partial charge in [0.2, 0.25) is 0 Å². The van der Waals surface area contributed by atoms with Crippen LogP contribution in [-0.2, 0) is 9.53 Å². The Morgan fingerprint density at radius 1 is 1.08 bits per heavy atom. The van der Waals surface area contributed by atoms with Crippen molar-refractivity contribution in [3.8, 4) is 0 Å². The van der Waals surface area contributed by atoms with Crippen molar-refractivity contribution in [1.82, 2.24) is 14.7 Å². The van der Waals surface area contributed by atoms with Gasteiger partial charge in [-0.3, -0.25) is 4.79 Å². The van der Waals surface area contributed by atoms with E-state index in [0.717, 1.165) is 32.5 Å². The van der Waals surface area contributed by atoms with Gasteiger partial charge in [0.15, 0.2) is 0 Å². The topological polar surface area (TPSA) is 73.3 Å². The van der Waals surface area contributed by atoms with Gasteiger partial charge in [-0.15, -0.1) is 0 Å². The third-order valence-electron chi connectivity index (χ3n) is 5.59. The minimum atomic E-state index is -0.731. The molecule has 0 aliphatic carbocycles. The molecule has 2 fully saturated rings. The molecule has 0 spiro atoms. The number of carboxylic acids is 1. The summed E-state index contributed by atoms with van der Waals surface area (Å²) < 4.78 is 5.33. The van der Waals surface area contributed by atoms with E-state index in [-0.39, 0.29) is 24.3 Å². The monoisotopic (exact) mass is 355 g/mol. The molecule has 0 aromatic heterocycles. The van der Waals surface area contributed by atoms with Crippen molar-refractivity contribution in [1.29, 1.82) is 0 Å². The highest BCUT2D eigenvalue weighted by molar-refractivity contribution is 5.74. The predicted molar refractivity (Wildman–Crippen MR) is 95.6 cm³/mol. The number of piperidine rings is 1. The number of nitrogens with zero attached hydrogens (tertiary/aromatic N) is 3. The lowest BCUT2D eigenvalue weighted by Crippen LogP contribution is -2.52. The molecule has 0 aromatic rings. The van der Waals surface area contributed by atoms with Crippen LogP contribution in [0.2, 0.25) is 0 Å². The molecule has 144 valence electrons. The van der Waals surface area contributed by atoms with E-state index in [9.17, 15) is 14.7 Å². The minimum absolute atomic E-state index is 0.0879. The van der Waals surface area contributed by atoms with Gasteiger partial charge in [-0.1, -0.05) is 13.8 Å². The lowest BCUT2D eigenvalue weighted by atomic mass is 9.81. The van der Waals surface area contributed by atoms with Crippen LogP contribution in [0.15, 0.2) is 0 Å². The number of carboxylic acid groups (broad SMARTS) is 1. The maximum Gasteiger partial charge on any atom is 0.320 e. The highest BCUT2D eigenvalue weighted by Gasteiger charge is 2.34. The molecule has 2 saturated heterocycles. The fourth-order valence-electron chi connectivity index (χ4n) is 3.92. The lowest BCUT2D eigenvalue weighted by Gasteiger charge is -2.41. The first-order valence-electron chi connectivity index (χ1n) is 9.60. The average molecular weight is 355 g/mol. The maximum atomic E-state index is 12.7. The third-order valence-corrected chi connectivity index (χ3v) is 5.59. The van der Waals surface area contributed by atoms with Crippen molar-refractivity contribution < 1.29 is 19.4 Å². The number of carbonyl (C=O) groups excluding carboxylic acids is 1. The standard InChI is InChI=1S/C18H33N3O4/c1-3-19(4-2)7-5-16-14-21(8-6-15(16)13-17(22)23)18(24)20-9-11-25-12-10-20/h15-16H,3-14H2,1-2H3,(H,22,23). The zero-order chi connectivity index (χ0) is 18.2. The number of hydrogen-bond donors (Lipinski definition) is 1. The van der Waals surface area contributed by atoms with Crippen LogP contribution in [0.3, 0.4) is 0 Å². The zero-order valence-electron chi connectivity index (χ0n) is 15.7. The molecule has 0 saturated carbocycles. The van der Waals surface area contributed by atoms with E-state index in [1.54, 1.807) is 0 Å². The van der Waals surface area contributed by atoms with E-state index >= 15 is 0 Å². The number of hydrogen-bond acceptors (Lipinski definition) is 4. The molecule has 2 unspecified atom stereocenters. The summed E-state index contributed by atoms with van der Waals surface area (Å²) in [6.07, 6.45) is 1.94. The first-order valence-corrected chi connectivity index (χ1v) is 9.60. The summed E-state index contributed by atoms with van der Waals surface area (Å²) in [7, 11) is 0. The van der Waals surface area contributed by atoms with E-state index in [0.29, 0.717) is 39.4 Å². The van der Waals surface area contributed by atoms with Crippen molar-refractivity contribution >= 4 is 12.0 Å². The number of carbonyl (C=O) groups is 2. The van der Waals surface area contributed by atoms with E-state index in [1.165, 1.54) is 0 Å². The van der Waals surface area contributed by atoms with Crippen LogP contribution in [0.5, 0.6) is 0 Å². The van der Waals surface area contributed by atoms with Crippen molar-refractivity contribution in [2.45, 2.75) is 33.1 Å². The van der Waals surface area contributed by atoms with Gasteiger partial charge >= 0.3 is 12.0 Å². The molecule has 25 heavy (non-hydrogen) atoms. The normalized spacial score (nSPS) is 24.6. The molecule has 2 amide bonds. The largest absolute Gasteiger partial charge is 0.481 e. The van der Waals surface area contributed by atoms with Gasteiger partial charge in [0.1, 0.15) is 0 Å². The molecular weight excluding hydrogens is 322 g/mol. The maximum absolute atomic E-state index is 12.7. The zero-order valence-corrected chi connectivity index (χ0v) is 15.7. The second-order valence-electron chi connectivity index (χ2n) is 7.05. The van der Waals surface area contributed by atoms with E-state index in [2.05, 4.69) is 18.7 Å². The highest BCUT2D eigenvalue weighted by atomic mass is 16.5. The smallest absolute Gasteiger partial charge is 0.320 e. The molecule has 0 bridgehead atoms. The molecule has 0 aromatic carbocycles. The van der Waals surface area contributed by atoms with E-state index in [4.69, 9.17) is 4.74 Å². The summed E-state index contributed by atoms with van der Waals surface area (Å²) in [5.41, 5.74) is 0. The van der Waals surface area contributed by atoms with Crippen LogP contribution in [-0.4, -0.2) is 90.8 Å².